The van der Waals surface area contributed by atoms with Crippen LogP contribution in [-0.2, 0) is 6.54 Å². The van der Waals surface area contributed by atoms with Crippen LogP contribution in [0.5, 0.6) is 0 Å². The number of rotatable bonds is 4. The topological polar surface area (TPSA) is 49.8 Å². The lowest BCUT2D eigenvalue weighted by atomic mass is 10.2. The van der Waals surface area contributed by atoms with E-state index in [2.05, 4.69) is 20.6 Å². The number of nitrogens with one attached hydrogen (secondary N) is 2. The SMILES string of the molecule is CNc1ncnc(NCc2ccccc2Cl)c1C. The lowest BCUT2D eigenvalue weighted by Gasteiger charge is -2.11. The molecule has 0 fully saturated rings. The van der Waals surface area contributed by atoms with Crippen molar-refractivity contribution in [3.63, 3.8) is 0 Å². The lowest BCUT2D eigenvalue weighted by molar-refractivity contribution is 1.06. The second-order valence-electron chi connectivity index (χ2n) is 3.89. The van der Waals surface area contributed by atoms with Crippen LogP contribution in [0.2, 0.25) is 5.02 Å². The number of benzene rings is 1. The molecule has 0 aliphatic rings. The molecule has 2 N–H and O–H groups in total. The molecule has 0 spiro atoms. The van der Waals surface area contributed by atoms with Gasteiger partial charge in [-0.3, -0.25) is 0 Å². The van der Waals surface area contributed by atoms with Gasteiger partial charge >= 0.3 is 0 Å². The molecule has 1 aromatic heterocycles. The summed E-state index contributed by atoms with van der Waals surface area (Å²) < 4.78 is 0. The molecule has 1 heterocycles. The van der Waals surface area contributed by atoms with Gasteiger partial charge in [0, 0.05) is 24.2 Å². The zero-order valence-corrected chi connectivity index (χ0v) is 11.1. The van der Waals surface area contributed by atoms with Crippen molar-refractivity contribution in [2.45, 2.75) is 13.5 Å². The average Bonchev–Trinajstić information content (AvgIpc) is 2.39. The predicted octanol–water partition coefficient (Wildman–Crippen LogP) is 3.09. The van der Waals surface area contributed by atoms with Crippen molar-refractivity contribution in [1.82, 2.24) is 9.97 Å². The third-order valence-electron chi connectivity index (χ3n) is 2.73. The molecule has 94 valence electrons. The monoisotopic (exact) mass is 262 g/mol. The fourth-order valence-electron chi connectivity index (χ4n) is 1.70. The Morgan fingerprint density at radius 1 is 1.17 bits per heavy atom. The summed E-state index contributed by atoms with van der Waals surface area (Å²) in [7, 11) is 1.84. The first-order valence-corrected chi connectivity index (χ1v) is 6.07. The van der Waals surface area contributed by atoms with E-state index in [1.54, 1.807) is 0 Å². The molecule has 0 amide bonds. The fraction of sp³-hybridized carbons (Fsp3) is 0.231. The normalized spacial score (nSPS) is 10.2. The first-order valence-electron chi connectivity index (χ1n) is 5.69. The van der Waals surface area contributed by atoms with Gasteiger partial charge in [0.15, 0.2) is 0 Å². The zero-order valence-electron chi connectivity index (χ0n) is 10.4. The van der Waals surface area contributed by atoms with Gasteiger partial charge in [-0.1, -0.05) is 29.8 Å². The highest BCUT2D eigenvalue weighted by molar-refractivity contribution is 6.31. The van der Waals surface area contributed by atoms with Crippen LogP contribution in [0, 0.1) is 6.92 Å². The van der Waals surface area contributed by atoms with Crippen molar-refractivity contribution in [2.75, 3.05) is 17.7 Å². The van der Waals surface area contributed by atoms with Crippen LogP contribution in [0.25, 0.3) is 0 Å². The van der Waals surface area contributed by atoms with Gasteiger partial charge < -0.3 is 10.6 Å². The van der Waals surface area contributed by atoms with Crippen molar-refractivity contribution < 1.29 is 0 Å². The highest BCUT2D eigenvalue weighted by Gasteiger charge is 2.06. The van der Waals surface area contributed by atoms with Gasteiger partial charge in [0.25, 0.3) is 0 Å². The van der Waals surface area contributed by atoms with E-state index in [0.29, 0.717) is 6.54 Å². The predicted molar refractivity (Wildman–Crippen MR) is 75.1 cm³/mol. The number of halogens is 1. The number of anilines is 2. The molecule has 0 unspecified atom stereocenters. The Kier molecular flexibility index (Phi) is 3.99. The van der Waals surface area contributed by atoms with Crippen molar-refractivity contribution >= 4 is 23.2 Å². The second-order valence-corrected chi connectivity index (χ2v) is 4.30. The van der Waals surface area contributed by atoms with Gasteiger partial charge in [-0.25, -0.2) is 9.97 Å². The molecule has 18 heavy (non-hydrogen) atoms. The van der Waals surface area contributed by atoms with Gasteiger partial charge in [0.05, 0.1) is 0 Å². The summed E-state index contributed by atoms with van der Waals surface area (Å²) in [4.78, 5) is 8.37. The Hall–Kier alpha value is -1.81. The summed E-state index contributed by atoms with van der Waals surface area (Å²) in [6.45, 7) is 2.61. The summed E-state index contributed by atoms with van der Waals surface area (Å²) in [5.41, 5.74) is 2.04. The van der Waals surface area contributed by atoms with E-state index in [1.807, 2.05) is 38.2 Å². The van der Waals surface area contributed by atoms with Crippen LogP contribution in [0.1, 0.15) is 11.1 Å². The van der Waals surface area contributed by atoms with E-state index >= 15 is 0 Å². The lowest BCUT2D eigenvalue weighted by Crippen LogP contribution is -2.06. The molecule has 0 bridgehead atoms. The maximum absolute atomic E-state index is 6.10. The van der Waals surface area contributed by atoms with E-state index in [4.69, 9.17) is 11.6 Å². The van der Waals surface area contributed by atoms with Crippen LogP contribution in [0.15, 0.2) is 30.6 Å². The van der Waals surface area contributed by atoms with E-state index in [-0.39, 0.29) is 0 Å². The smallest absolute Gasteiger partial charge is 0.134 e. The summed E-state index contributed by atoms with van der Waals surface area (Å²) in [6, 6.07) is 7.75. The van der Waals surface area contributed by atoms with Crippen molar-refractivity contribution in [2.24, 2.45) is 0 Å². The Balaban J connectivity index is 2.14. The summed E-state index contributed by atoms with van der Waals surface area (Å²) in [6.07, 6.45) is 1.54. The second kappa shape index (κ2) is 5.69. The molecule has 0 aliphatic carbocycles. The molecule has 0 atom stereocenters. The molecule has 5 heteroatoms. The molecular formula is C13H15ClN4. The Bertz CT molecular complexity index is 542. The van der Waals surface area contributed by atoms with Gasteiger partial charge in [-0.15, -0.1) is 0 Å². The van der Waals surface area contributed by atoms with Crippen LogP contribution in [-0.4, -0.2) is 17.0 Å². The van der Waals surface area contributed by atoms with Gasteiger partial charge in [-0.05, 0) is 18.6 Å². The van der Waals surface area contributed by atoms with Gasteiger partial charge in [-0.2, -0.15) is 0 Å². The molecule has 0 saturated carbocycles. The van der Waals surface area contributed by atoms with Crippen LogP contribution in [0.3, 0.4) is 0 Å². The van der Waals surface area contributed by atoms with E-state index in [9.17, 15) is 0 Å². The van der Waals surface area contributed by atoms with Crippen LogP contribution in [0.4, 0.5) is 11.6 Å². The first kappa shape index (κ1) is 12.6. The molecule has 1 aromatic carbocycles. The molecule has 0 radical (unpaired) electrons. The molecule has 0 aliphatic heterocycles. The third-order valence-corrected chi connectivity index (χ3v) is 3.09. The minimum Gasteiger partial charge on any atom is -0.373 e. The summed E-state index contributed by atoms with van der Waals surface area (Å²) in [5.74, 6) is 1.64. The standard InChI is InChI=1S/C13H15ClN4/c1-9-12(15-2)17-8-18-13(9)16-7-10-5-3-4-6-11(10)14/h3-6,8H,7H2,1-2H3,(H2,15,16,17,18). The Morgan fingerprint density at radius 3 is 2.61 bits per heavy atom. The first-order chi connectivity index (χ1) is 8.72. The quantitative estimate of drug-likeness (QED) is 0.889. The van der Waals surface area contributed by atoms with Crippen LogP contribution >= 0.6 is 11.6 Å². The molecule has 2 rings (SSSR count). The average molecular weight is 263 g/mol. The maximum Gasteiger partial charge on any atom is 0.134 e. The summed E-state index contributed by atoms with van der Waals surface area (Å²) in [5, 5.41) is 7.05. The molecule has 2 aromatic rings. The minimum atomic E-state index is 0.640. The number of hydrogen-bond acceptors (Lipinski definition) is 4. The van der Waals surface area contributed by atoms with Crippen molar-refractivity contribution in [3.05, 3.63) is 46.7 Å². The largest absolute Gasteiger partial charge is 0.373 e. The highest BCUT2D eigenvalue weighted by Crippen LogP contribution is 2.20. The highest BCUT2D eigenvalue weighted by atomic mass is 35.5. The Labute approximate surface area is 111 Å². The molecular weight excluding hydrogens is 248 g/mol. The zero-order chi connectivity index (χ0) is 13.0. The number of aromatic nitrogens is 2. The van der Waals surface area contributed by atoms with Gasteiger partial charge in [0.1, 0.15) is 18.0 Å². The van der Waals surface area contributed by atoms with E-state index in [0.717, 1.165) is 27.8 Å². The van der Waals surface area contributed by atoms with E-state index < -0.39 is 0 Å². The summed E-state index contributed by atoms with van der Waals surface area (Å²) >= 11 is 6.10. The van der Waals surface area contributed by atoms with Crippen molar-refractivity contribution in [3.8, 4) is 0 Å². The van der Waals surface area contributed by atoms with E-state index in [1.165, 1.54) is 6.33 Å². The fourth-order valence-corrected chi connectivity index (χ4v) is 1.90. The Morgan fingerprint density at radius 2 is 1.89 bits per heavy atom. The van der Waals surface area contributed by atoms with Crippen LogP contribution < -0.4 is 10.6 Å². The molecule has 0 saturated heterocycles. The minimum absolute atomic E-state index is 0.640. The number of hydrogen-bond donors (Lipinski definition) is 2. The third kappa shape index (κ3) is 2.71. The molecule has 4 nitrogen and oxygen atoms in total. The maximum atomic E-state index is 6.10. The van der Waals surface area contributed by atoms with Crippen molar-refractivity contribution in [1.29, 1.82) is 0 Å². The van der Waals surface area contributed by atoms with Gasteiger partial charge in [0.2, 0.25) is 0 Å². The number of nitrogens with zero attached hydrogens (tertiary/aromatic N) is 2.